The fourth-order valence-corrected chi connectivity index (χ4v) is 2.52. The molecule has 0 unspecified atom stereocenters. The van der Waals surface area contributed by atoms with E-state index in [4.69, 9.17) is 0 Å². The largest absolute Gasteiger partial charge is 0.376 e. The highest BCUT2D eigenvalue weighted by atomic mass is 16.2. The molecule has 1 saturated heterocycles. The number of nitrogens with one attached hydrogen (secondary N) is 2. The third kappa shape index (κ3) is 4.48. The Morgan fingerprint density at radius 1 is 1.14 bits per heavy atom. The summed E-state index contributed by atoms with van der Waals surface area (Å²) in [7, 11) is 1.60. The van der Waals surface area contributed by atoms with Crippen LogP contribution < -0.4 is 10.6 Å². The molecular formula is C16H23N3O2. The van der Waals surface area contributed by atoms with E-state index in [0.717, 1.165) is 31.6 Å². The van der Waals surface area contributed by atoms with Crippen LogP contribution >= 0.6 is 0 Å². The summed E-state index contributed by atoms with van der Waals surface area (Å²) in [6.45, 7) is 1.99. The minimum atomic E-state index is -0.127. The van der Waals surface area contributed by atoms with Crippen molar-refractivity contribution in [1.82, 2.24) is 10.2 Å². The molecule has 1 fully saturated rings. The van der Waals surface area contributed by atoms with Gasteiger partial charge in [0.05, 0.1) is 6.54 Å². The van der Waals surface area contributed by atoms with E-state index < -0.39 is 0 Å². The summed E-state index contributed by atoms with van der Waals surface area (Å²) in [5.41, 5.74) is 1.38. The van der Waals surface area contributed by atoms with E-state index in [2.05, 4.69) is 10.6 Å². The molecule has 114 valence electrons. The molecule has 0 atom stereocenters. The molecular weight excluding hydrogens is 266 g/mol. The lowest BCUT2D eigenvalue weighted by molar-refractivity contribution is -0.129. The van der Waals surface area contributed by atoms with Gasteiger partial charge in [0.25, 0.3) is 5.91 Å². The molecule has 1 aromatic carbocycles. The molecule has 2 amide bonds. The van der Waals surface area contributed by atoms with Gasteiger partial charge in [0.15, 0.2) is 0 Å². The van der Waals surface area contributed by atoms with Crippen molar-refractivity contribution in [2.45, 2.75) is 25.7 Å². The van der Waals surface area contributed by atoms with Crippen molar-refractivity contribution in [2.75, 3.05) is 32.0 Å². The third-order valence-electron chi connectivity index (χ3n) is 3.75. The zero-order valence-corrected chi connectivity index (χ0v) is 12.5. The average molecular weight is 289 g/mol. The van der Waals surface area contributed by atoms with Crippen LogP contribution in [-0.4, -0.2) is 43.4 Å². The molecule has 5 nitrogen and oxygen atoms in total. The number of hydrogen-bond acceptors (Lipinski definition) is 3. The summed E-state index contributed by atoms with van der Waals surface area (Å²) in [6, 6.07) is 7.18. The van der Waals surface area contributed by atoms with Crippen molar-refractivity contribution < 1.29 is 9.59 Å². The van der Waals surface area contributed by atoms with Gasteiger partial charge in [0.2, 0.25) is 5.91 Å². The van der Waals surface area contributed by atoms with Gasteiger partial charge < -0.3 is 15.5 Å². The second-order valence-electron chi connectivity index (χ2n) is 5.31. The maximum absolute atomic E-state index is 12.2. The van der Waals surface area contributed by atoms with Gasteiger partial charge in [-0.25, -0.2) is 0 Å². The summed E-state index contributed by atoms with van der Waals surface area (Å²) >= 11 is 0. The molecule has 2 rings (SSSR count). The molecule has 5 heteroatoms. The van der Waals surface area contributed by atoms with Gasteiger partial charge in [-0.1, -0.05) is 18.9 Å². The first-order valence-electron chi connectivity index (χ1n) is 7.54. The lowest BCUT2D eigenvalue weighted by Gasteiger charge is -2.20. The summed E-state index contributed by atoms with van der Waals surface area (Å²) in [4.78, 5) is 25.7. The van der Waals surface area contributed by atoms with Crippen LogP contribution in [0.2, 0.25) is 0 Å². The van der Waals surface area contributed by atoms with Gasteiger partial charge in [-0.3, -0.25) is 9.59 Å². The lowest BCUT2D eigenvalue weighted by Crippen LogP contribution is -2.36. The van der Waals surface area contributed by atoms with E-state index in [9.17, 15) is 9.59 Å². The zero-order chi connectivity index (χ0) is 15.1. The number of likely N-dealkylation sites (tertiary alicyclic amines) is 1. The van der Waals surface area contributed by atoms with Gasteiger partial charge in [0.1, 0.15) is 0 Å². The molecule has 1 heterocycles. The zero-order valence-electron chi connectivity index (χ0n) is 12.5. The topological polar surface area (TPSA) is 61.4 Å². The third-order valence-corrected chi connectivity index (χ3v) is 3.75. The molecule has 0 bridgehead atoms. The Kier molecular flexibility index (Phi) is 5.60. The molecule has 1 aliphatic rings. The number of benzene rings is 1. The van der Waals surface area contributed by atoms with E-state index in [1.807, 2.05) is 17.0 Å². The molecule has 0 radical (unpaired) electrons. The number of hydrogen-bond donors (Lipinski definition) is 2. The number of nitrogens with zero attached hydrogens (tertiary/aromatic N) is 1. The Labute approximate surface area is 125 Å². The summed E-state index contributed by atoms with van der Waals surface area (Å²) in [5, 5.41) is 5.70. The minimum Gasteiger partial charge on any atom is -0.376 e. The Bertz CT molecular complexity index is 494. The van der Waals surface area contributed by atoms with Gasteiger partial charge in [0, 0.05) is 31.4 Å². The maximum atomic E-state index is 12.2. The number of carbonyl (C=O) groups is 2. The first-order valence-corrected chi connectivity index (χ1v) is 7.54. The predicted molar refractivity (Wildman–Crippen MR) is 83.4 cm³/mol. The van der Waals surface area contributed by atoms with Gasteiger partial charge in [-0.05, 0) is 31.0 Å². The predicted octanol–water partition coefficient (Wildman–Crippen LogP) is 1.86. The maximum Gasteiger partial charge on any atom is 0.251 e. The molecule has 1 aromatic rings. The molecule has 2 N–H and O–H groups in total. The normalized spacial score (nSPS) is 15.2. The molecule has 0 spiro atoms. The number of rotatable bonds is 4. The first-order chi connectivity index (χ1) is 10.2. The summed E-state index contributed by atoms with van der Waals surface area (Å²) in [6.07, 6.45) is 4.62. The van der Waals surface area contributed by atoms with E-state index in [0.29, 0.717) is 5.56 Å². The van der Waals surface area contributed by atoms with Crippen LogP contribution in [0.15, 0.2) is 24.3 Å². The fraction of sp³-hybridized carbons (Fsp3) is 0.500. The van der Waals surface area contributed by atoms with Crippen LogP contribution in [0, 0.1) is 0 Å². The smallest absolute Gasteiger partial charge is 0.251 e. The number of amides is 2. The SMILES string of the molecule is CNC(=O)c1cccc(NCC(=O)N2CCCCCC2)c1. The standard InChI is InChI=1S/C16H23N3O2/c1-17-16(21)13-7-6-8-14(11-13)18-12-15(20)19-9-4-2-3-5-10-19/h6-8,11,18H,2-5,9-10,12H2,1H3,(H,17,21). The molecule has 21 heavy (non-hydrogen) atoms. The quantitative estimate of drug-likeness (QED) is 0.889. The second-order valence-corrected chi connectivity index (χ2v) is 5.31. The first kappa shape index (κ1) is 15.4. The van der Waals surface area contributed by atoms with Crippen LogP contribution in [0.4, 0.5) is 5.69 Å². The highest BCUT2D eigenvalue weighted by Crippen LogP contribution is 2.12. The van der Waals surface area contributed by atoms with Crippen LogP contribution in [0.1, 0.15) is 36.0 Å². The van der Waals surface area contributed by atoms with Crippen LogP contribution in [0.25, 0.3) is 0 Å². The van der Waals surface area contributed by atoms with Crippen molar-refractivity contribution in [2.24, 2.45) is 0 Å². The second kappa shape index (κ2) is 7.67. The van der Waals surface area contributed by atoms with Crippen LogP contribution in [-0.2, 0) is 4.79 Å². The van der Waals surface area contributed by atoms with Crippen LogP contribution in [0.3, 0.4) is 0 Å². The number of anilines is 1. The Balaban J connectivity index is 1.90. The lowest BCUT2D eigenvalue weighted by atomic mass is 10.2. The van der Waals surface area contributed by atoms with E-state index >= 15 is 0 Å². The number of carbonyl (C=O) groups excluding carboxylic acids is 2. The van der Waals surface area contributed by atoms with Crippen molar-refractivity contribution >= 4 is 17.5 Å². The Hall–Kier alpha value is -2.04. The minimum absolute atomic E-state index is 0.127. The van der Waals surface area contributed by atoms with Crippen molar-refractivity contribution in [1.29, 1.82) is 0 Å². The molecule has 1 aliphatic heterocycles. The highest BCUT2D eigenvalue weighted by molar-refractivity contribution is 5.95. The Morgan fingerprint density at radius 3 is 2.52 bits per heavy atom. The van der Waals surface area contributed by atoms with E-state index in [1.54, 1.807) is 19.2 Å². The average Bonchev–Trinajstić information content (AvgIpc) is 2.81. The van der Waals surface area contributed by atoms with Gasteiger partial charge in [-0.2, -0.15) is 0 Å². The summed E-state index contributed by atoms with van der Waals surface area (Å²) < 4.78 is 0. The molecule has 0 aliphatic carbocycles. The fourth-order valence-electron chi connectivity index (χ4n) is 2.52. The van der Waals surface area contributed by atoms with Crippen molar-refractivity contribution in [3.05, 3.63) is 29.8 Å². The van der Waals surface area contributed by atoms with Gasteiger partial charge >= 0.3 is 0 Å². The van der Waals surface area contributed by atoms with Gasteiger partial charge in [-0.15, -0.1) is 0 Å². The van der Waals surface area contributed by atoms with E-state index in [-0.39, 0.29) is 18.4 Å². The molecule has 0 aromatic heterocycles. The summed E-state index contributed by atoms with van der Waals surface area (Å²) in [5.74, 6) is -0.000240. The van der Waals surface area contributed by atoms with Crippen molar-refractivity contribution in [3.63, 3.8) is 0 Å². The molecule has 0 saturated carbocycles. The van der Waals surface area contributed by atoms with Crippen LogP contribution in [0.5, 0.6) is 0 Å². The van der Waals surface area contributed by atoms with E-state index in [1.165, 1.54) is 12.8 Å². The highest BCUT2D eigenvalue weighted by Gasteiger charge is 2.15. The van der Waals surface area contributed by atoms with Crippen molar-refractivity contribution in [3.8, 4) is 0 Å². The monoisotopic (exact) mass is 289 g/mol. The Morgan fingerprint density at radius 2 is 1.86 bits per heavy atom.